The SMILES string of the molecule is NS(=O)(=O)C1CC(=O)N(Cc2ccc(Cl)c(Br)c2)C1. The van der Waals surface area contributed by atoms with E-state index in [4.69, 9.17) is 16.7 Å². The molecule has 1 fully saturated rings. The Balaban J connectivity index is 2.12. The molecule has 0 aromatic heterocycles. The summed E-state index contributed by atoms with van der Waals surface area (Å²) in [5.41, 5.74) is 0.875. The van der Waals surface area contributed by atoms with Crippen LogP contribution in [0, 0.1) is 0 Å². The van der Waals surface area contributed by atoms with Crippen molar-refractivity contribution in [3.05, 3.63) is 33.3 Å². The molecule has 1 unspecified atom stereocenters. The molecule has 0 spiro atoms. The summed E-state index contributed by atoms with van der Waals surface area (Å²) < 4.78 is 23.2. The minimum Gasteiger partial charge on any atom is -0.337 e. The molecule has 1 saturated heterocycles. The van der Waals surface area contributed by atoms with Crippen molar-refractivity contribution in [3.8, 4) is 0 Å². The van der Waals surface area contributed by atoms with Gasteiger partial charge in [0.05, 0.1) is 5.02 Å². The first-order valence-electron chi connectivity index (χ1n) is 5.50. The zero-order valence-corrected chi connectivity index (χ0v) is 13.0. The fourth-order valence-corrected chi connectivity index (χ4v) is 3.27. The van der Waals surface area contributed by atoms with Crippen LogP contribution in [-0.4, -0.2) is 31.0 Å². The number of hydrogen-bond donors (Lipinski definition) is 1. The lowest BCUT2D eigenvalue weighted by atomic mass is 10.2. The molecule has 0 bridgehead atoms. The Bertz CT molecular complexity index is 620. The summed E-state index contributed by atoms with van der Waals surface area (Å²) in [6.45, 7) is 0.485. The third-order valence-corrected chi connectivity index (χ3v) is 5.46. The number of benzene rings is 1. The van der Waals surface area contributed by atoms with Crippen LogP contribution in [0.3, 0.4) is 0 Å². The van der Waals surface area contributed by atoms with Gasteiger partial charge in [0.25, 0.3) is 0 Å². The van der Waals surface area contributed by atoms with E-state index in [1.807, 2.05) is 0 Å². The fraction of sp³-hybridized carbons (Fsp3) is 0.364. The van der Waals surface area contributed by atoms with E-state index in [-0.39, 0.29) is 18.9 Å². The number of hydrogen-bond acceptors (Lipinski definition) is 3. The van der Waals surface area contributed by atoms with E-state index in [2.05, 4.69) is 15.9 Å². The predicted molar refractivity (Wildman–Crippen MR) is 76.1 cm³/mol. The number of nitrogens with zero attached hydrogens (tertiary/aromatic N) is 1. The first-order chi connectivity index (χ1) is 8.77. The van der Waals surface area contributed by atoms with Crippen molar-refractivity contribution in [1.29, 1.82) is 0 Å². The lowest BCUT2D eigenvalue weighted by Crippen LogP contribution is -2.31. The summed E-state index contributed by atoms with van der Waals surface area (Å²) in [5, 5.41) is 4.84. The number of halogens is 2. The number of carbonyl (C=O) groups excluding carboxylic acids is 1. The number of likely N-dealkylation sites (tertiary alicyclic amines) is 1. The second kappa shape index (κ2) is 5.40. The monoisotopic (exact) mass is 366 g/mol. The Hall–Kier alpha value is -0.630. The summed E-state index contributed by atoms with van der Waals surface area (Å²) in [6, 6.07) is 5.32. The van der Waals surface area contributed by atoms with E-state index in [0.717, 1.165) is 10.0 Å². The Kier molecular flexibility index (Phi) is 4.20. The maximum Gasteiger partial charge on any atom is 0.224 e. The fourth-order valence-electron chi connectivity index (χ4n) is 1.97. The van der Waals surface area contributed by atoms with Gasteiger partial charge in [-0.3, -0.25) is 4.79 Å². The molecule has 2 rings (SSSR count). The quantitative estimate of drug-likeness (QED) is 0.879. The van der Waals surface area contributed by atoms with E-state index in [0.29, 0.717) is 11.6 Å². The second-order valence-corrected chi connectivity index (χ2v) is 7.54. The normalized spacial score (nSPS) is 20.1. The first kappa shape index (κ1) is 14.8. The van der Waals surface area contributed by atoms with Gasteiger partial charge in [-0.2, -0.15) is 0 Å². The highest BCUT2D eigenvalue weighted by atomic mass is 79.9. The van der Waals surface area contributed by atoms with Gasteiger partial charge in [0.2, 0.25) is 15.9 Å². The molecule has 1 atom stereocenters. The van der Waals surface area contributed by atoms with E-state index in [1.165, 1.54) is 4.90 Å². The summed E-state index contributed by atoms with van der Waals surface area (Å²) in [4.78, 5) is 13.2. The molecule has 2 N–H and O–H groups in total. The van der Waals surface area contributed by atoms with Crippen molar-refractivity contribution in [3.63, 3.8) is 0 Å². The van der Waals surface area contributed by atoms with E-state index in [1.54, 1.807) is 18.2 Å². The third-order valence-electron chi connectivity index (χ3n) is 3.00. The average Bonchev–Trinajstić information content (AvgIpc) is 2.65. The molecule has 1 aromatic carbocycles. The van der Waals surface area contributed by atoms with Gasteiger partial charge in [-0.15, -0.1) is 0 Å². The van der Waals surface area contributed by atoms with Crippen molar-refractivity contribution < 1.29 is 13.2 Å². The molecule has 1 amide bonds. The number of nitrogens with two attached hydrogens (primary N) is 1. The van der Waals surface area contributed by atoms with Crippen molar-refractivity contribution in [2.45, 2.75) is 18.2 Å². The van der Waals surface area contributed by atoms with Crippen molar-refractivity contribution in [2.24, 2.45) is 5.14 Å². The van der Waals surface area contributed by atoms with Crippen LogP contribution in [0.1, 0.15) is 12.0 Å². The van der Waals surface area contributed by atoms with Crippen LogP contribution >= 0.6 is 27.5 Å². The summed E-state index contributed by atoms with van der Waals surface area (Å²) in [5.74, 6) is -0.204. The van der Waals surface area contributed by atoms with Gasteiger partial charge in [0.1, 0.15) is 5.25 Å². The average molecular weight is 368 g/mol. The molecular weight excluding hydrogens is 356 g/mol. The number of amides is 1. The summed E-state index contributed by atoms with van der Waals surface area (Å²) in [7, 11) is -3.67. The number of rotatable bonds is 3. The molecule has 0 saturated carbocycles. The van der Waals surface area contributed by atoms with Crippen molar-refractivity contribution in [1.82, 2.24) is 4.90 Å². The van der Waals surface area contributed by atoms with Gasteiger partial charge >= 0.3 is 0 Å². The Labute approximate surface area is 124 Å². The zero-order chi connectivity index (χ0) is 14.2. The molecule has 1 heterocycles. The molecule has 0 radical (unpaired) electrons. The van der Waals surface area contributed by atoms with Gasteiger partial charge in [0.15, 0.2) is 0 Å². The standard InChI is InChI=1S/C11H12BrClN2O3S/c12-9-3-7(1-2-10(9)13)5-15-6-8(4-11(15)16)19(14,17)18/h1-3,8H,4-6H2,(H2,14,17,18). The summed E-state index contributed by atoms with van der Waals surface area (Å²) in [6.07, 6.45) is -0.0480. The summed E-state index contributed by atoms with van der Waals surface area (Å²) >= 11 is 9.19. The molecule has 1 aliphatic heterocycles. The lowest BCUT2D eigenvalue weighted by Gasteiger charge is -2.16. The van der Waals surface area contributed by atoms with Crippen molar-refractivity contribution >= 4 is 43.5 Å². The van der Waals surface area contributed by atoms with Crippen LogP contribution in [-0.2, 0) is 21.4 Å². The van der Waals surface area contributed by atoms with Crippen LogP contribution in [0.15, 0.2) is 22.7 Å². The minimum atomic E-state index is -3.67. The Morgan fingerprint density at radius 3 is 2.68 bits per heavy atom. The number of primary sulfonamides is 1. The molecule has 1 aliphatic rings. The van der Waals surface area contributed by atoms with Crippen molar-refractivity contribution in [2.75, 3.05) is 6.54 Å². The molecule has 0 aliphatic carbocycles. The van der Waals surface area contributed by atoms with E-state index in [9.17, 15) is 13.2 Å². The lowest BCUT2D eigenvalue weighted by molar-refractivity contribution is -0.128. The zero-order valence-electron chi connectivity index (χ0n) is 9.84. The molecule has 1 aromatic rings. The number of carbonyl (C=O) groups is 1. The van der Waals surface area contributed by atoms with Crippen LogP contribution in [0.5, 0.6) is 0 Å². The molecule has 8 heteroatoms. The largest absolute Gasteiger partial charge is 0.337 e. The molecule has 104 valence electrons. The predicted octanol–water partition coefficient (Wildman–Crippen LogP) is 1.49. The third kappa shape index (κ3) is 3.47. The minimum absolute atomic E-state index is 0.0480. The van der Waals surface area contributed by atoms with Gasteiger partial charge < -0.3 is 4.90 Å². The second-order valence-electron chi connectivity index (χ2n) is 4.44. The topological polar surface area (TPSA) is 80.5 Å². The maximum atomic E-state index is 11.8. The Morgan fingerprint density at radius 1 is 1.47 bits per heavy atom. The van der Waals surface area contributed by atoms with E-state index >= 15 is 0 Å². The maximum absolute atomic E-state index is 11.8. The van der Waals surface area contributed by atoms with Crippen LogP contribution in [0.25, 0.3) is 0 Å². The number of sulfonamides is 1. The molecule has 19 heavy (non-hydrogen) atoms. The highest BCUT2D eigenvalue weighted by Crippen LogP contribution is 2.25. The van der Waals surface area contributed by atoms with Gasteiger partial charge in [0, 0.05) is 24.0 Å². The highest BCUT2D eigenvalue weighted by Gasteiger charge is 2.36. The Morgan fingerprint density at radius 2 is 2.16 bits per heavy atom. The van der Waals surface area contributed by atoms with Gasteiger partial charge in [-0.05, 0) is 33.6 Å². The molecule has 5 nitrogen and oxygen atoms in total. The molecular formula is C11H12BrClN2O3S. The van der Waals surface area contributed by atoms with Gasteiger partial charge in [-0.25, -0.2) is 13.6 Å². The smallest absolute Gasteiger partial charge is 0.224 e. The van der Waals surface area contributed by atoms with Crippen LogP contribution < -0.4 is 5.14 Å². The van der Waals surface area contributed by atoms with Crippen LogP contribution in [0.2, 0.25) is 5.02 Å². The highest BCUT2D eigenvalue weighted by molar-refractivity contribution is 9.10. The van der Waals surface area contributed by atoms with Crippen LogP contribution in [0.4, 0.5) is 0 Å². The van der Waals surface area contributed by atoms with E-state index < -0.39 is 15.3 Å². The van der Waals surface area contributed by atoms with Gasteiger partial charge in [-0.1, -0.05) is 17.7 Å². The first-order valence-corrected chi connectivity index (χ1v) is 8.28.